The number of aromatic nitrogens is 2. The first-order valence-corrected chi connectivity index (χ1v) is 7.29. The fourth-order valence-corrected chi connectivity index (χ4v) is 2.18. The van der Waals surface area contributed by atoms with E-state index in [9.17, 15) is 4.39 Å². The van der Waals surface area contributed by atoms with Gasteiger partial charge in [0.05, 0.1) is 6.61 Å². The molecule has 0 aliphatic heterocycles. The molecule has 0 saturated carbocycles. The van der Waals surface area contributed by atoms with Crippen LogP contribution in [-0.4, -0.2) is 28.2 Å². The number of hydrogen-bond donors (Lipinski definition) is 1. The third-order valence-corrected chi connectivity index (χ3v) is 3.19. The molecule has 1 aromatic heterocycles. The van der Waals surface area contributed by atoms with E-state index < -0.39 is 0 Å². The molecule has 0 saturated heterocycles. The molecular formula is C16H18ClFN2O3. The van der Waals surface area contributed by atoms with Gasteiger partial charge in [0.1, 0.15) is 11.6 Å². The van der Waals surface area contributed by atoms with Crippen molar-refractivity contribution in [2.45, 2.75) is 27.2 Å². The van der Waals surface area contributed by atoms with Crippen LogP contribution in [0.2, 0.25) is 5.02 Å². The van der Waals surface area contributed by atoms with Crippen LogP contribution >= 0.6 is 11.6 Å². The van der Waals surface area contributed by atoms with Gasteiger partial charge in [0.25, 0.3) is 6.47 Å². The van der Waals surface area contributed by atoms with E-state index in [4.69, 9.17) is 26.2 Å². The van der Waals surface area contributed by atoms with Gasteiger partial charge in [-0.15, -0.1) is 0 Å². The second kappa shape index (κ2) is 9.05. The SMILES string of the molecule is CCOc1nc(C)nc(C)c1Cc1ccc(Cl)cc1F.O=CO. The summed E-state index contributed by atoms with van der Waals surface area (Å²) in [6, 6.07) is 4.65. The summed E-state index contributed by atoms with van der Waals surface area (Å²) in [5.41, 5.74) is 2.15. The molecule has 0 bridgehead atoms. The first-order valence-electron chi connectivity index (χ1n) is 6.91. The van der Waals surface area contributed by atoms with Crippen LogP contribution in [0.4, 0.5) is 4.39 Å². The highest BCUT2D eigenvalue weighted by Crippen LogP contribution is 2.24. The molecule has 0 aliphatic carbocycles. The average Bonchev–Trinajstić information content (AvgIpc) is 2.45. The van der Waals surface area contributed by atoms with Gasteiger partial charge in [-0.1, -0.05) is 17.7 Å². The molecule has 1 aromatic carbocycles. The largest absolute Gasteiger partial charge is 0.483 e. The number of hydrogen-bond acceptors (Lipinski definition) is 4. The lowest BCUT2D eigenvalue weighted by molar-refractivity contribution is -0.122. The van der Waals surface area contributed by atoms with Gasteiger partial charge in [0.15, 0.2) is 0 Å². The molecular weight excluding hydrogens is 323 g/mol. The average molecular weight is 341 g/mol. The Hall–Kier alpha value is -2.21. The van der Waals surface area contributed by atoms with Gasteiger partial charge in [0, 0.05) is 22.7 Å². The molecule has 0 radical (unpaired) electrons. The Morgan fingerprint density at radius 3 is 2.57 bits per heavy atom. The van der Waals surface area contributed by atoms with Crippen molar-refractivity contribution in [2.24, 2.45) is 0 Å². The number of nitrogens with zero attached hydrogens (tertiary/aromatic N) is 2. The minimum atomic E-state index is -0.333. The summed E-state index contributed by atoms with van der Waals surface area (Å²) in [5, 5.41) is 7.27. The van der Waals surface area contributed by atoms with E-state index in [1.165, 1.54) is 6.07 Å². The van der Waals surface area contributed by atoms with Crippen molar-refractivity contribution in [1.29, 1.82) is 0 Å². The lowest BCUT2D eigenvalue weighted by atomic mass is 10.0. The van der Waals surface area contributed by atoms with Gasteiger partial charge in [-0.25, -0.2) is 9.37 Å². The monoisotopic (exact) mass is 340 g/mol. The van der Waals surface area contributed by atoms with Gasteiger partial charge in [-0.3, -0.25) is 4.79 Å². The predicted octanol–water partition coefficient (Wildman–Crippen LogP) is 3.58. The van der Waals surface area contributed by atoms with Crippen molar-refractivity contribution in [1.82, 2.24) is 9.97 Å². The van der Waals surface area contributed by atoms with Crippen LogP contribution < -0.4 is 4.74 Å². The fourth-order valence-electron chi connectivity index (χ4n) is 2.02. The normalized spacial score (nSPS) is 9.78. The van der Waals surface area contributed by atoms with Gasteiger partial charge in [-0.05, 0) is 38.5 Å². The third kappa shape index (κ3) is 5.49. The number of aryl methyl sites for hydroxylation is 2. The minimum Gasteiger partial charge on any atom is -0.483 e. The standard InChI is InChI=1S/C15H16ClFN2O.CH2O2/c1-4-20-15-13(9(2)18-10(3)19-15)7-11-5-6-12(16)8-14(11)17;2-1-3/h5-6,8H,4,7H2,1-3H3;1H,(H,2,3). The highest BCUT2D eigenvalue weighted by Gasteiger charge is 2.14. The van der Waals surface area contributed by atoms with Crippen molar-refractivity contribution >= 4 is 18.1 Å². The number of carbonyl (C=O) groups is 1. The number of halogens is 2. The molecule has 0 fully saturated rings. The maximum Gasteiger partial charge on any atom is 0.290 e. The summed E-state index contributed by atoms with van der Waals surface area (Å²) in [4.78, 5) is 17.0. The molecule has 0 spiro atoms. The molecule has 2 aromatic rings. The number of rotatable bonds is 4. The topological polar surface area (TPSA) is 72.3 Å². The molecule has 1 N–H and O–H groups in total. The summed E-state index contributed by atoms with van der Waals surface area (Å²) in [7, 11) is 0. The van der Waals surface area contributed by atoms with Crippen LogP contribution in [0.1, 0.15) is 29.6 Å². The molecule has 5 nitrogen and oxygen atoms in total. The Balaban J connectivity index is 0.000000816. The Kier molecular flexibility index (Phi) is 7.41. The minimum absolute atomic E-state index is 0.250. The third-order valence-electron chi connectivity index (χ3n) is 2.95. The maximum absolute atomic E-state index is 13.9. The number of carboxylic acid groups (broad SMARTS) is 1. The van der Waals surface area contributed by atoms with Crippen LogP contribution in [0.3, 0.4) is 0 Å². The molecule has 0 aliphatic rings. The molecule has 1 heterocycles. The smallest absolute Gasteiger partial charge is 0.290 e. The summed E-state index contributed by atoms with van der Waals surface area (Å²) in [5.74, 6) is 0.832. The van der Waals surface area contributed by atoms with Gasteiger partial charge >= 0.3 is 0 Å². The first kappa shape index (κ1) is 18.8. The van der Waals surface area contributed by atoms with E-state index in [2.05, 4.69) is 9.97 Å². The van der Waals surface area contributed by atoms with Crippen LogP contribution in [0.15, 0.2) is 18.2 Å². The lowest BCUT2D eigenvalue weighted by Gasteiger charge is -2.13. The number of benzene rings is 1. The van der Waals surface area contributed by atoms with Gasteiger partial charge in [0.2, 0.25) is 5.88 Å². The van der Waals surface area contributed by atoms with Crippen molar-refractivity contribution in [3.05, 3.63) is 51.7 Å². The highest BCUT2D eigenvalue weighted by molar-refractivity contribution is 6.30. The van der Waals surface area contributed by atoms with E-state index in [0.29, 0.717) is 35.3 Å². The second-order valence-electron chi connectivity index (χ2n) is 4.59. The molecule has 23 heavy (non-hydrogen) atoms. The molecule has 124 valence electrons. The van der Waals surface area contributed by atoms with Crippen LogP contribution in [-0.2, 0) is 11.2 Å². The molecule has 2 rings (SSSR count). The van der Waals surface area contributed by atoms with E-state index >= 15 is 0 Å². The van der Waals surface area contributed by atoms with E-state index in [0.717, 1.165) is 11.3 Å². The van der Waals surface area contributed by atoms with Crippen molar-refractivity contribution in [3.8, 4) is 5.88 Å². The van der Waals surface area contributed by atoms with E-state index in [1.54, 1.807) is 12.1 Å². The van der Waals surface area contributed by atoms with Crippen molar-refractivity contribution < 1.29 is 19.0 Å². The first-order chi connectivity index (χ1) is 10.9. The molecule has 7 heteroatoms. The second-order valence-corrected chi connectivity index (χ2v) is 5.03. The highest BCUT2D eigenvalue weighted by atomic mass is 35.5. The molecule has 0 unspecified atom stereocenters. The maximum atomic E-state index is 13.9. The Bertz CT molecular complexity index is 681. The Morgan fingerprint density at radius 2 is 2.00 bits per heavy atom. The zero-order valence-electron chi connectivity index (χ0n) is 13.1. The fraction of sp³-hybridized carbons (Fsp3) is 0.312. The molecule has 0 atom stereocenters. The number of ether oxygens (including phenoxy) is 1. The van der Waals surface area contributed by atoms with Gasteiger partial charge in [-0.2, -0.15) is 4.98 Å². The predicted molar refractivity (Wildman–Crippen MR) is 85.6 cm³/mol. The van der Waals surface area contributed by atoms with Crippen LogP contribution in [0.5, 0.6) is 5.88 Å². The Morgan fingerprint density at radius 1 is 1.35 bits per heavy atom. The summed E-state index contributed by atoms with van der Waals surface area (Å²) < 4.78 is 19.4. The van der Waals surface area contributed by atoms with Crippen molar-refractivity contribution in [3.63, 3.8) is 0 Å². The summed E-state index contributed by atoms with van der Waals surface area (Å²) in [6.07, 6.45) is 0.379. The molecule has 0 amide bonds. The summed E-state index contributed by atoms with van der Waals surface area (Å²) >= 11 is 5.76. The quantitative estimate of drug-likeness (QED) is 0.861. The van der Waals surface area contributed by atoms with Crippen molar-refractivity contribution in [2.75, 3.05) is 6.61 Å². The van der Waals surface area contributed by atoms with E-state index in [-0.39, 0.29) is 12.3 Å². The van der Waals surface area contributed by atoms with Gasteiger partial charge < -0.3 is 9.84 Å². The lowest BCUT2D eigenvalue weighted by Crippen LogP contribution is -2.07. The summed E-state index contributed by atoms with van der Waals surface area (Å²) in [6.45, 7) is 5.83. The Labute approximate surface area is 139 Å². The van der Waals surface area contributed by atoms with Crippen LogP contribution in [0.25, 0.3) is 0 Å². The van der Waals surface area contributed by atoms with Crippen LogP contribution in [0, 0.1) is 19.7 Å². The zero-order chi connectivity index (χ0) is 17.4. The zero-order valence-corrected chi connectivity index (χ0v) is 13.9. The van der Waals surface area contributed by atoms with E-state index in [1.807, 2.05) is 20.8 Å².